The molecule has 0 radical (unpaired) electrons. The molecule has 2 amide bonds. The Morgan fingerprint density at radius 3 is 2.34 bits per heavy atom. The first kappa shape index (κ1) is 24.5. The van der Waals surface area contributed by atoms with E-state index in [2.05, 4.69) is 22.2 Å². The van der Waals surface area contributed by atoms with Crippen molar-refractivity contribution in [1.82, 2.24) is 24.9 Å². The normalized spacial score (nSPS) is 17.9. The molecule has 0 bridgehead atoms. The van der Waals surface area contributed by atoms with E-state index in [1.165, 1.54) is 0 Å². The standard InChI is InChI=1S/C24H39N5O3/c1-3-32-22-7-5-21(6-8-22)24(31)29(13-4-12-27-19-17-26(2)18-20-27)14-9-23(30)28-15-10-25-11-16-28/h5-8,25H,3-4,9-20H2,1-2H3. The summed E-state index contributed by atoms with van der Waals surface area (Å²) in [7, 11) is 2.16. The Kier molecular flexibility index (Phi) is 9.77. The third-order valence-corrected chi connectivity index (χ3v) is 6.26. The first-order valence-electron chi connectivity index (χ1n) is 12.0. The topological polar surface area (TPSA) is 68.4 Å². The summed E-state index contributed by atoms with van der Waals surface area (Å²) in [5.74, 6) is 0.883. The number of likely N-dealkylation sites (N-methyl/N-ethyl adjacent to an activating group) is 1. The highest BCUT2D eigenvalue weighted by atomic mass is 16.5. The second-order valence-corrected chi connectivity index (χ2v) is 8.63. The molecular formula is C24H39N5O3. The molecule has 3 rings (SSSR count). The minimum atomic E-state index is -0.0143. The highest BCUT2D eigenvalue weighted by molar-refractivity contribution is 5.94. The Bertz CT molecular complexity index is 713. The molecule has 2 fully saturated rings. The van der Waals surface area contributed by atoms with Crippen LogP contribution in [-0.4, -0.2) is 117 Å². The Balaban J connectivity index is 1.57. The number of benzene rings is 1. The molecule has 2 aliphatic heterocycles. The largest absolute Gasteiger partial charge is 0.494 e. The number of piperazine rings is 2. The molecule has 0 unspecified atom stereocenters. The van der Waals surface area contributed by atoms with Crippen LogP contribution in [0.5, 0.6) is 5.75 Å². The number of rotatable bonds is 10. The SMILES string of the molecule is CCOc1ccc(C(=O)N(CCCN2CCN(C)CC2)CCC(=O)N2CCNCC2)cc1. The van der Waals surface area contributed by atoms with E-state index in [1.807, 2.05) is 41.0 Å². The van der Waals surface area contributed by atoms with Gasteiger partial charge in [-0.05, 0) is 51.2 Å². The number of hydrogen-bond donors (Lipinski definition) is 1. The summed E-state index contributed by atoms with van der Waals surface area (Å²) >= 11 is 0. The molecular weight excluding hydrogens is 406 g/mol. The molecule has 0 saturated carbocycles. The van der Waals surface area contributed by atoms with E-state index in [1.54, 1.807) is 0 Å². The van der Waals surface area contributed by atoms with Gasteiger partial charge in [0.25, 0.3) is 5.91 Å². The van der Waals surface area contributed by atoms with Gasteiger partial charge in [-0.3, -0.25) is 9.59 Å². The maximum absolute atomic E-state index is 13.3. The van der Waals surface area contributed by atoms with Crippen LogP contribution >= 0.6 is 0 Å². The number of ether oxygens (including phenoxy) is 1. The minimum Gasteiger partial charge on any atom is -0.494 e. The van der Waals surface area contributed by atoms with Gasteiger partial charge in [0.05, 0.1) is 6.61 Å². The lowest BCUT2D eigenvalue weighted by atomic mass is 10.1. The first-order chi connectivity index (χ1) is 15.6. The molecule has 2 aliphatic rings. The van der Waals surface area contributed by atoms with Crippen molar-refractivity contribution in [2.24, 2.45) is 0 Å². The molecule has 2 saturated heterocycles. The highest BCUT2D eigenvalue weighted by Crippen LogP contribution is 2.15. The van der Waals surface area contributed by atoms with Crippen molar-refractivity contribution in [3.05, 3.63) is 29.8 Å². The van der Waals surface area contributed by atoms with Crippen LogP contribution in [0.2, 0.25) is 0 Å². The van der Waals surface area contributed by atoms with Crippen LogP contribution in [0, 0.1) is 0 Å². The van der Waals surface area contributed by atoms with E-state index in [9.17, 15) is 9.59 Å². The van der Waals surface area contributed by atoms with Crippen LogP contribution < -0.4 is 10.1 Å². The van der Waals surface area contributed by atoms with E-state index in [4.69, 9.17) is 4.74 Å². The quantitative estimate of drug-likeness (QED) is 0.579. The zero-order valence-electron chi connectivity index (χ0n) is 19.7. The summed E-state index contributed by atoms with van der Waals surface area (Å²) in [5, 5.41) is 3.27. The van der Waals surface area contributed by atoms with Crippen molar-refractivity contribution in [2.45, 2.75) is 19.8 Å². The van der Waals surface area contributed by atoms with Crippen molar-refractivity contribution in [3.63, 3.8) is 0 Å². The van der Waals surface area contributed by atoms with E-state index in [0.29, 0.717) is 31.7 Å². The molecule has 178 valence electrons. The van der Waals surface area contributed by atoms with Gasteiger partial charge >= 0.3 is 0 Å². The van der Waals surface area contributed by atoms with E-state index in [-0.39, 0.29) is 11.8 Å². The smallest absolute Gasteiger partial charge is 0.253 e. The van der Waals surface area contributed by atoms with Crippen LogP contribution in [0.3, 0.4) is 0 Å². The van der Waals surface area contributed by atoms with Crippen molar-refractivity contribution >= 4 is 11.8 Å². The second kappa shape index (κ2) is 12.8. The fourth-order valence-corrected chi connectivity index (χ4v) is 4.22. The van der Waals surface area contributed by atoms with Gasteiger partial charge < -0.3 is 29.7 Å². The van der Waals surface area contributed by atoms with E-state index < -0.39 is 0 Å². The second-order valence-electron chi connectivity index (χ2n) is 8.63. The first-order valence-corrected chi connectivity index (χ1v) is 12.0. The molecule has 0 aliphatic carbocycles. The Morgan fingerprint density at radius 1 is 1.00 bits per heavy atom. The van der Waals surface area contributed by atoms with E-state index in [0.717, 1.165) is 71.1 Å². The molecule has 0 atom stereocenters. The molecule has 2 heterocycles. The van der Waals surface area contributed by atoms with Gasteiger partial charge in [0.2, 0.25) is 5.91 Å². The van der Waals surface area contributed by atoms with Gasteiger partial charge in [-0.1, -0.05) is 0 Å². The Morgan fingerprint density at radius 2 is 1.69 bits per heavy atom. The number of carbonyl (C=O) groups is 2. The molecule has 0 aromatic heterocycles. The highest BCUT2D eigenvalue weighted by Gasteiger charge is 2.21. The average Bonchev–Trinajstić information content (AvgIpc) is 2.83. The predicted octanol–water partition coefficient (Wildman–Crippen LogP) is 0.987. The van der Waals surface area contributed by atoms with Crippen molar-refractivity contribution in [2.75, 3.05) is 85.6 Å². The Labute approximate surface area is 192 Å². The number of carbonyl (C=O) groups excluding carboxylic acids is 2. The number of nitrogens with zero attached hydrogens (tertiary/aromatic N) is 4. The van der Waals surface area contributed by atoms with Gasteiger partial charge in [-0.25, -0.2) is 0 Å². The van der Waals surface area contributed by atoms with E-state index >= 15 is 0 Å². The summed E-state index contributed by atoms with van der Waals surface area (Å²) in [4.78, 5) is 34.5. The summed E-state index contributed by atoms with van der Waals surface area (Å²) in [6, 6.07) is 7.31. The van der Waals surface area contributed by atoms with Crippen molar-refractivity contribution in [3.8, 4) is 5.75 Å². The third-order valence-electron chi connectivity index (χ3n) is 6.26. The third kappa shape index (κ3) is 7.46. The summed E-state index contributed by atoms with van der Waals surface area (Å²) in [6.07, 6.45) is 1.28. The zero-order valence-corrected chi connectivity index (χ0v) is 19.7. The van der Waals surface area contributed by atoms with Gasteiger partial charge in [-0.2, -0.15) is 0 Å². The molecule has 32 heavy (non-hydrogen) atoms. The molecule has 0 spiro atoms. The van der Waals surface area contributed by atoms with Crippen molar-refractivity contribution in [1.29, 1.82) is 0 Å². The van der Waals surface area contributed by atoms with Crippen molar-refractivity contribution < 1.29 is 14.3 Å². The van der Waals surface area contributed by atoms with Gasteiger partial charge in [-0.15, -0.1) is 0 Å². The van der Waals surface area contributed by atoms with Gasteiger partial charge in [0.15, 0.2) is 0 Å². The lowest BCUT2D eigenvalue weighted by molar-refractivity contribution is -0.131. The zero-order chi connectivity index (χ0) is 22.8. The number of nitrogens with one attached hydrogen (secondary N) is 1. The molecule has 1 N–H and O–H groups in total. The lowest BCUT2D eigenvalue weighted by Gasteiger charge is -2.33. The molecule has 1 aromatic carbocycles. The van der Waals surface area contributed by atoms with Crippen LogP contribution in [0.1, 0.15) is 30.1 Å². The summed E-state index contributed by atoms with van der Waals surface area (Å²) in [6.45, 7) is 12.1. The average molecular weight is 446 g/mol. The monoisotopic (exact) mass is 445 g/mol. The fourth-order valence-electron chi connectivity index (χ4n) is 4.22. The number of hydrogen-bond acceptors (Lipinski definition) is 6. The van der Waals surface area contributed by atoms with Gasteiger partial charge in [0, 0.05) is 77.4 Å². The van der Waals surface area contributed by atoms with Crippen LogP contribution in [0.15, 0.2) is 24.3 Å². The minimum absolute atomic E-state index is 0.0143. The summed E-state index contributed by atoms with van der Waals surface area (Å²) < 4.78 is 5.50. The number of amides is 2. The predicted molar refractivity (Wildman–Crippen MR) is 126 cm³/mol. The molecule has 8 heteroatoms. The van der Waals surface area contributed by atoms with Crippen LogP contribution in [0.25, 0.3) is 0 Å². The summed E-state index contributed by atoms with van der Waals surface area (Å²) in [5.41, 5.74) is 0.641. The van der Waals surface area contributed by atoms with Crippen LogP contribution in [0.4, 0.5) is 0 Å². The lowest BCUT2D eigenvalue weighted by Crippen LogP contribution is -2.47. The molecule has 8 nitrogen and oxygen atoms in total. The molecule has 1 aromatic rings. The van der Waals surface area contributed by atoms with Crippen LogP contribution in [-0.2, 0) is 4.79 Å². The Hall–Kier alpha value is -2.16. The maximum atomic E-state index is 13.3. The van der Waals surface area contributed by atoms with Gasteiger partial charge in [0.1, 0.15) is 5.75 Å². The fraction of sp³-hybridized carbons (Fsp3) is 0.667. The maximum Gasteiger partial charge on any atom is 0.253 e.